The number of fused-ring (bicyclic) bond motifs is 2. The number of hydrogen-bond donors (Lipinski definition) is 0. The molecule has 0 N–H and O–H groups in total. The second-order valence-corrected chi connectivity index (χ2v) is 11.6. The van der Waals surface area contributed by atoms with Crippen molar-refractivity contribution in [3.05, 3.63) is 82.9 Å². The van der Waals surface area contributed by atoms with Crippen LogP contribution in [0.5, 0.6) is 0 Å². The van der Waals surface area contributed by atoms with Crippen molar-refractivity contribution in [3.63, 3.8) is 0 Å². The second-order valence-electron chi connectivity index (χ2n) is 6.75. The summed E-state index contributed by atoms with van der Waals surface area (Å²) in [5, 5.41) is 0. The van der Waals surface area contributed by atoms with Gasteiger partial charge < -0.3 is 0 Å². The van der Waals surface area contributed by atoms with Crippen molar-refractivity contribution in [2.45, 2.75) is 24.2 Å². The Hall–Kier alpha value is -0.413. The van der Waals surface area contributed by atoms with E-state index in [0.717, 1.165) is 0 Å². The van der Waals surface area contributed by atoms with Gasteiger partial charge in [-0.1, -0.05) is 85.9 Å². The molecule has 2 unspecified atom stereocenters. The minimum absolute atomic E-state index is 0. The Balaban J connectivity index is 0.000000960. The fourth-order valence-electron chi connectivity index (χ4n) is 3.99. The van der Waals surface area contributed by atoms with Gasteiger partial charge in [0, 0.05) is 25.8 Å². The van der Waals surface area contributed by atoms with E-state index in [9.17, 15) is 0 Å². The second kappa shape index (κ2) is 8.31. The maximum absolute atomic E-state index is 2.54. The normalized spacial score (nSPS) is 19.6. The molecule has 0 saturated heterocycles. The van der Waals surface area contributed by atoms with Crippen molar-refractivity contribution in [1.29, 1.82) is 0 Å². The van der Waals surface area contributed by atoms with Crippen LogP contribution in [0.3, 0.4) is 0 Å². The first-order chi connectivity index (χ1) is 10.2. The number of hydrogen-bond acceptors (Lipinski definition) is 0. The minimum atomic E-state index is -1.51. The van der Waals surface area contributed by atoms with E-state index in [1.807, 2.05) is 0 Å². The van der Waals surface area contributed by atoms with Gasteiger partial charge >= 0.3 is 0 Å². The third-order valence-electron chi connectivity index (χ3n) is 5.20. The van der Waals surface area contributed by atoms with Crippen LogP contribution in [-0.4, -0.2) is 8.07 Å². The molecule has 24 heavy (non-hydrogen) atoms. The Morgan fingerprint density at radius 2 is 1.04 bits per heavy atom. The summed E-state index contributed by atoms with van der Waals surface area (Å²) in [4.78, 5) is 0. The van der Waals surface area contributed by atoms with E-state index in [1.54, 1.807) is 0 Å². The molecule has 0 bridgehead atoms. The molecule has 0 fully saturated rings. The molecule has 0 nitrogen and oxygen atoms in total. The van der Waals surface area contributed by atoms with Gasteiger partial charge in [0.1, 0.15) is 0 Å². The first-order valence-electron chi connectivity index (χ1n) is 7.72. The molecule has 0 heterocycles. The molecule has 0 aromatic heterocycles. The number of benzene rings is 2. The van der Waals surface area contributed by atoms with E-state index in [0.29, 0.717) is 11.1 Å². The molecule has 0 aliphatic heterocycles. The van der Waals surface area contributed by atoms with Crippen LogP contribution >= 0.6 is 24.8 Å². The molecule has 0 amide bonds. The van der Waals surface area contributed by atoms with E-state index < -0.39 is 8.07 Å². The van der Waals surface area contributed by atoms with Crippen molar-refractivity contribution in [3.8, 4) is 0 Å². The summed E-state index contributed by atoms with van der Waals surface area (Å²) in [6.45, 7) is 5.09. The summed E-state index contributed by atoms with van der Waals surface area (Å²) in [5.41, 5.74) is 7.14. The quantitative estimate of drug-likeness (QED) is 0.397. The molecular formula is C20H22Cl2HfSi. The van der Waals surface area contributed by atoms with Crippen LogP contribution in [0.4, 0.5) is 0 Å². The van der Waals surface area contributed by atoms with Crippen molar-refractivity contribution < 1.29 is 25.8 Å². The van der Waals surface area contributed by atoms with Crippen molar-refractivity contribution in [2.24, 2.45) is 0 Å². The van der Waals surface area contributed by atoms with Gasteiger partial charge in [0.05, 0.1) is 8.07 Å². The van der Waals surface area contributed by atoms with E-state index in [-0.39, 0.29) is 50.7 Å². The van der Waals surface area contributed by atoms with Crippen LogP contribution in [0.25, 0.3) is 12.2 Å². The molecule has 2 aromatic carbocycles. The standard InChI is InChI=1S/C20H20Si.2ClH.Hf/c1-21(2,19-13-11-15-7-3-5-9-17(15)19)20-14-12-16-8-4-6-10-18(16)20;;;/h3-14,19-20H,1-2H3;2*1H;. The molecular weight excluding hydrogens is 518 g/mol. The van der Waals surface area contributed by atoms with Gasteiger partial charge in [0.25, 0.3) is 0 Å². The topological polar surface area (TPSA) is 0 Å². The number of allylic oxidation sites excluding steroid dienone is 2. The summed E-state index contributed by atoms with van der Waals surface area (Å²) in [6, 6.07) is 17.8. The van der Waals surface area contributed by atoms with E-state index in [2.05, 4.69) is 85.9 Å². The van der Waals surface area contributed by atoms with Crippen molar-refractivity contribution in [2.75, 3.05) is 0 Å². The fraction of sp³-hybridized carbons (Fsp3) is 0.200. The predicted octanol–water partition coefficient (Wildman–Crippen LogP) is 6.24. The predicted molar refractivity (Wildman–Crippen MR) is 108 cm³/mol. The fourth-order valence-corrected chi connectivity index (χ4v) is 7.69. The van der Waals surface area contributed by atoms with E-state index >= 15 is 0 Å². The summed E-state index contributed by atoms with van der Waals surface area (Å²) in [6.07, 6.45) is 9.54. The molecule has 124 valence electrons. The van der Waals surface area contributed by atoms with Crippen LogP contribution in [0.2, 0.25) is 13.1 Å². The zero-order chi connectivity index (χ0) is 14.4. The van der Waals surface area contributed by atoms with Crippen LogP contribution in [0, 0.1) is 0 Å². The minimum Gasteiger partial charge on any atom is -0.147 e. The number of halogens is 2. The average molecular weight is 540 g/mol. The van der Waals surface area contributed by atoms with Gasteiger partial charge in [-0.2, -0.15) is 0 Å². The Kier molecular flexibility index (Phi) is 7.49. The third kappa shape index (κ3) is 3.44. The summed E-state index contributed by atoms with van der Waals surface area (Å²) in [7, 11) is -1.51. The van der Waals surface area contributed by atoms with Gasteiger partial charge in [0.15, 0.2) is 0 Å². The zero-order valence-corrected chi connectivity index (χ0v) is 20.1. The maximum Gasteiger partial charge on any atom is 0.0715 e. The molecule has 4 heteroatoms. The first-order valence-corrected chi connectivity index (χ1v) is 10.9. The number of rotatable bonds is 2. The van der Waals surface area contributed by atoms with Gasteiger partial charge in [0.2, 0.25) is 0 Å². The van der Waals surface area contributed by atoms with Crippen molar-refractivity contribution >= 4 is 45.0 Å². The molecule has 0 saturated carbocycles. The summed E-state index contributed by atoms with van der Waals surface area (Å²) < 4.78 is 0. The monoisotopic (exact) mass is 540 g/mol. The Morgan fingerprint density at radius 3 is 1.46 bits per heavy atom. The summed E-state index contributed by atoms with van der Waals surface area (Å²) in [5.74, 6) is 0. The molecule has 0 radical (unpaired) electrons. The largest absolute Gasteiger partial charge is 0.147 e. The molecule has 0 spiro atoms. The van der Waals surface area contributed by atoms with Gasteiger partial charge in [-0.3, -0.25) is 0 Å². The SMILES string of the molecule is C[Si](C)(C1C=Cc2ccccc21)C1C=Cc2ccccc21.Cl.Cl.[Hf]. The first kappa shape index (κ1) is 21.6. The maximum atomic E-state index is 2.54. The third-order valence-corrected chi connectivity index (χ3v) is 9.41. The molecule has 2 aliphatic carbocycles. The Labute approximate surface area is 177 Å². The Bertz CT molecular complexity index is 704. The molecule has 2 aliphatic rings. The van der Waals surface area contributed by atoms with Crippen LogP contribution < -0.4 is 0 Å². The molecule has 4 rings (SSSR count). The molecule has 2 atom stereocenters. The van der Waals surface area contributed by atoms with Crippen molar-refractivity contribution in [1.82, 2.24) is 0 Å². The van der Waals surface area contributed by atoms with E-state index in [1.165, 1.54) is 22.3 Å². The zero-order valence-electron chi connectivity index (χ0n) is 13.9. The van der Waals surface area contributed by atoms with E-state index in [4.69, 9.17) is 0 Å². The Morgan fingerprint density at radius 1 is 0.667 bits per heavy atom. The van der Waals surface area contributed by atoms with Gasteiger partial charge in [-0.05, 0) is 33.3 Å². The van der Waals surface area contributed by atoms with Crippen LogP contribution in [-0.2, 0) is 25.8 Å². The van der Waals surface area contributed by atoms with Gasteiger partial charge in [-0.15, -0.1) is 24.8 Å². The van der Waals surface area contributed by atoms with Crippen LogP contribution in [0.1, 0.15) is 33.3 Å². The smallest absolute Gasteiger partial charge is 0.0715 e. The molecule has 2 aromatic rings. The van der Waals surface area contributed by atoms with Crippen LogP contribution in [0.15, 0.2) is 60.7 Å². The average Bonchev–Trinajstić information content (AvgIpc) is 3.12. The summed E-state index contributed by atoms with van der Waals surface area (Å²) >= 11 is 0. The van der Waals surface area contributed by atoms with Gasteiger partial charge in [-0.25, -0.2) is 0 Å².